The Hall–Kier alpha value is -0.900. The summed E-state index contributed by atoms with van der Waals surface area (Å²) < 4.78 is 6.49. The van der Waals surface area contributed by atoms with E-state index in [1.165, 1.54) is 0 Å². The Balaban J connectivity index is 2.20. The van der Waals surface area contributed by atoms with Crippen LogP contribution in [0.3, 0.4) is 0 Å². The van der Waals surface area contributed by atoms with Crippen LogP contribution in [-0.2, 0) is 6.54 Å². The van der Waals surface area contributed by atoms with Gasteiger partial charge in [-0.1, -0.05) is 35.3 Å². The van der Waals surface area contributed by atoms with Crippen LogP contribution in [-0.4, -0.2) is 6.61 Å². The molecule has 0 aromatic heterocycles. The highest BCUT2D eigenvalue weighted by Gasteiger charge is 2.10. The largest absolute Gasteiger partial charge is 0.491 e. The SMILES string of the molecule is CCOc1c(Br)cc(Cl)cc1NCc1ccc(C)c(Cl)c1. The average Bonchev–Trinajstić information content (AvgIpc) is 2.43. The molecule has 112 valence electrons. The number of ether oxygens (including phenoxy) is 1. The highest BCUT2D eigenvalue weighted by Crippen LogP contribution is 2.37. The van der Waals surface area contributed by atoms with E-state index in [9.17, 15) is 0 Å². The Bertz CT molecular complexity index is 646. The molecule has 5 heteroatoms. The minimum Gasteiger partial charge on any atom is -0.491 e. The number of hydrogen-bond acceptors (Lipinski definition) is 2. The van der Waals surface area contributed by atoms with Crippen molar-refractivity contribution in [3.63, 3.8) is 0 Å². The number of aryl methyl sites for hydroxylation is 1. The topological polar surface area (TPSA) is 21.3 Å². The van der Waals surface area contributed by atoms with Gasteiger partial charge < -0.3 is 10.1 Å². The Labute approximate surface area is 143 Å². The second-order valence-electron chi connectivity index (χ2n) is 4.63. The molecule has 0 aliphatic carbocycles. The van der Waals surface area contributed by atoms with Gasteiger partial charge in [-0.3, -0.25) is 0 Å². The number of anilines is 1. The number of halogens is 3. The van der Waals surface area contributed by atoms with Gasteiger partial charge in [0.15, 0.2) is 5.75 Å². The zero-order valence-corrected chi connectivity index (χ0v) is 14.9. The van der Waals surface area contributed by atoms with Crippen molar-refractivity contribution in [2.24, 2.45) is 0 Å². The summed E-state index contributed by atoms with van der Waals surface area (Å²) in [5.41, 5.74) is 3.03. The maximum absolute atomic E-state index is 6.15. The Morgan fingerprint density at radius 2 is 1.95 bits per heavy atom. The van der Waals surface area contributed by atoms with Gasteiger partial charge in [-0.15, -0.1) is 0 Å². The maximum atomic E-state index is 6.15. The molecule has 0 aliphatic heterocycles. The van der Waals surface area contributed by atoms with Gasteiger partial charge in [0.05, 0.1) is 16.8 Å². The Morgan fingerprint density at radius 1 is 1.19 bits per heavy atom. The first-order valence-electron chi connectivity index (χ1n) is 6.62. The molecule has 0 fully saturated rings. The predicted molar refractivity (Wildman–Crippen MR) is 93.8 cm³/mol. The third-order valence-corrected chi connectivity index (χ3v) is 4.23. The van der Waals surface area contributed by atoms with Gasteiger partial charge in [0, 0.05) is 16.6 Å². The smallest absolute Gasteiger partial charge is 0.156 e. The van der Waals surface area contributed by atoms with Gasteiger partial charge in [-0.25, -0.2) is 0 Å². The first-order valence-corrected chi connectivity index (χ1v) is 8.17. The van der Waals surface area contributed by atoms with Crippen molar-refractivity contribution in [3.05, 3.63) is 56.0 Å². The van der Waals surface area contributed by atoms with Crippen LogP contribution in [0.4, 0.5) is 5.69 Å². The quantitative estimate of drug-likeness (QED) is 0.670. The van der Waals surface area contributed by atoms with Crippen molar-refractivity contribution in [1.82, 2.24) is 0 Å². The predicted octanol–water partition coefficient (Wildman–Crippen LogP) is 6.08. The number of rotatable bonds is 5. The molecule has 1 N–H and O–H groups in total. The molecular formula is C16H16BrCl2NO. The van der Waals surface area contributed by atoms with Crippen LogP contribution < -0.4 is 10.1 Å². The molecule has 0 bridgehead atoms. The standard InChI is InChI=1S/C16H16BrCl2NO/c1-3-21-16-13(17)7-12(18)8-15(16)20-9-11-5-4-10(2)14(19)6-11/h4-8,20H,3,9H2,1-2H3. The molecule has 2 aromatic carbocycles. The highest BCUT2D eigenvalue weighted by molar-refractivity contribution is 9.10. The highest BCUT2D eigenvalue weighted by atomic mass is 79.9. The fourth-order valence-electron chi connectivity index (χ4n) is 1.93. The minimum absolute atomic E-state index is 0.589. The number of benzene rings is 2. The van der Waals surface area contributed by atoms with E-state index in [0.717, 1.165) is 32.1 Å². The summed E-state index contributed by atoms with van der Waals surface area (Å²) in [6.07, 6.45) is 0. The fraction of sp³-hybridized carbons (Fsp3) is 0.250. The lowest BCUT2D eigenvalue weighted by molar-refractivity contribution is 0.339. The molecule has 0 saturated heterocycles. The molecule has 0 saturated carbocycles. The first-order chi connectivity index (χ1) is 10.0. The summed E-state index contributed by atoms with van der Waals surface area (Å²) in [4.78, 5) is 0. The van der Waals surface area contributed by atoms with E-state index in [4.69, 9.17) is 27.9 Å². The summed E-state index contributed by atoms with van der Waals surface area (Å²) in [6.45, 7) is 5.17. The van der Waals surface area contributed by atoms with Crippen molar-refractivity contribution < 1.29 is 4.74 Å². The molecule has 2 aromatic rings. The number of hydrogen-bond donors (Lipinski definition) is 1. The lowest BCUT2D eigenvalue weighted by atomic mass is 10.1. The summed E-state index contributed by atoms with van der Waals surface area (Å²) in [7, 11) is 0. The molecule has 0 heterocycles. The zero-order chi connectivity index (χ0) is 15.4. The molecule has 2 rings (SSSR count). The van der Waals surface area contributed by atoms with Crippen LogP contribution in [0.25, 0.3) is 0 Å². The summed E-state index contributed by atoms with van der Waals surface area (Å²) in [5, 5.41) is 4.76. The molecule has 0 spiro atoms. The van der Waals surface area contributed by atoms with E-state index >= 15 is 0 Å². The lowest BCUT2D eigenvalue weighted by Crippen LogP contribution is -2.03. The molecule has 0 unspecified atom stereocenters. The van der Waals surface area contributed by atoms with E-state index < -0.39 is 0 Å². The van der Waals surface area contributed by atoms with Crippen LogP contribution in [0.2, 0.25) is 10.0 Å². The third-order valence-electron chi connectivity index (χ3n) is 3.02. The fourth-order valence-corrected chi connectivity index (χ4v) is 3.05. The summed E-state index contributed by atoms with van der Waals surface area (Å²) >= 11 is 15.7. The minimum atomic E-state index is 0.589. The van der Waals surface area contributed by atoms with Gasteiger partial charge >= 0.3 is 0 Å². The average molecular weight is 389 g/mol. The van der Waals surface area contributed by atoms with Crippen LogP contribution >= 0.6 is 39.1 Å². The second kappa shape index (κ2) is 7.39. The maximum Gasteiger partial charge on any atom is 0.156 e. The molecule has 0 amide bonds. The van der Waals surface area contributed by atoms with Gasteiger partial charge in [-0.05, 0) is 59.1 Å². The molecular weight excluding hydrogens is 373 g/mol. The molecule has 0 atom stereocenters. The van der Waals surface area contributed by atoms with Crippen LogP contribution in [0.5, 0.6) is 5.75 Å². The summed E-state index contributed by atoms with van der Waals surface area (Å²) in [5.74, 6) is 0.764. The van der Waals surface area contributed by atoms with Crippen LogP contribution in [0.1, 0.15) is 18.1 Å². The zero-order valence-electron chi connectivity index (χ0n) is 11.8. The lowest BCUT2D eigenvalue weighted by Gasteiger charge is -2.15. The Morgan fingerprint density at radius 3 is 2.62 bits per heavy atom. The molecule has 21 heavy (non-hydrogen) atoms. The van der Waals surface area contributed by atoms with E-state index in [2.05, 4.69) is 21.2 Å². The first kappa shape index (κ1) is 16.5. The second-order valence-corrected chi connectivity index (χ2v) is 6.33. The van der Waals surface area contributed by atoms with Crippen molar-refractivity contribution in [3.8, 4) is 5.75 Å². The number of nitrogens with one attached hydrogen (secondary N) is 1. The van der Waals surface area contributed by atoms with E-state index in [1.807, 2.05) is 44.2 Å². The van der Waals surface area contributed by atoms with E-state index in [1.54, 1.807) is 0 Å². The normalized spacial score (nSPS) is 10.5. The van der Waals surface area contributed by atoms with E-state index in [-0.39, 0.29) is 0 Å². The van der Waals surface area contributed by atoms with Gasteiger partial charge in [0.25, 0.3) is 0 Å². The van der Waals surface area contributed by atoms with Crippen LogP contribution in [0, 0.1) is 6.92 Å². The van der Waals surface area contributed by atoms with Crippen molar-refractivity contribution in [1.29, 1.82) is 0 Å². The van der Waals surface area contributed by atoms with Crippen LogP contribution in [0.15, 0.2) is 34.8 Å². The molecule has 0 radical (unpaired) electrons. The van der Waals surface area contributed by atoms with E-state index in [0.29, 0.717) is 18.2 Å². The third kappa shape index (κ3) is 4.29. The van der Waals surface area contributed by atoms with Crippen molar-refractivity contribution >= 4 is 44.8 Å². The van der Waals surface area contributed by atoms with Gasteiger partial charge in [-0.2, -0.15) is 0 Å². The van der Waals surface area contributed by atoms with Gasteiger partial charge in [0.2, 0.25) is 0 Å². The van der Waals surface area contributed by atoms with Crippen molar-refractivity contribution in [2.45, 2.75) is 20.4 Å². The molecule has 0 aliphatic rings. The summed E-state index contributed by atoms with van der Waals surface area (Å²) in [6, 6.07) is 9.70. The van der Waals surface area contributed by atoms with Gasteiger partial charge in [0.1, 0.15) is 0 Å². The Kier molecular flexibility index (Phi) is 5.80. The molecule has 2 nitrogen and oxygen atoms in total. The van der Waals surface area contributed by atoms with Crippen molar-refractivity contribution in [2.75, 3.05) is 11.9 Å². The monoisotopic (exact) mass is 387 g/mol.